The van der Waals surface area contributed by atoms with Crippen LogP contribution in [0, 0.1) is 0 Å². The molecule has 0 aliphatic heterocycles. The summed E-state index contributed by atoms with van der Waals surface area (Å²) < 4.78 is 5.70. The first-order valence-electron chi connectivity index (χ1n) is 4.57. The largest absolute Gasteiger partial charge is 0.372 e. The second kappa shape index (κ2) is 6.47. The summed E-state index contributed by atoms with van der Waals surface area (Å²) in [4.78, 5) is 19.1. The highest BCUT2D eigenvalue weighted by atomic mass is 79.9. The average Bonchev–Trinajstić information content (AvgIpc) is 2.22. The molecule has 1 amide bonds. The van der Waals surface area contributed by atoms with Crippen LogP contribution in [0.15, 0.2) is 17.0 Å². The molecule has 15 heavy (non-hydrogen) atoms. The predicted octanol–water partition coefficient (Wildman–Crippen LogP) is 1.60. The van der Waals surface area contributed by atoms with Gasteiger partial charge in [0.1, 0.15) is 11.2 Å². The number of ether oxygens (including phenoxy) is 1. The molecule has 0 aliphatic carbocycles. The number of nitrogens with one attached hydrogen (secondary N) is 1. The van der Waals surface area contributed by atoms with Crippen LogP contribution in [0.1, 0.15) is 13.3 Å². The lowest BCUT2D eigenvalue weighted by Crippen LogP contribution is -2.19. The number of amides is 1. The van der Waals surface area contributed by atoms with E-state index in [1.165, 1.54) is 12.4 Å². The lowest BCUT2D eigenvalue weighted by molar-refractivity contribution is -0.120. The van der Waals surface area contributed by atoms with Crippen LogP contribution in [-0.4, -0.2) is 29.1 Å². The maximum Gasteiger partial charge on any atom is 0.251 e. The molecule has 1 aromatic heterocycles. The van der Waals surface area contributed by atoms with Gasteiger partial charge >= 0.3 is 0 Å². The SMILES string of the molecule is CCCOCC(=O)Nc1cnc(Br)cn1. The molecule has 1 N–H and O–H groups in total. The van der Waals surface area contributed by atoms with Gasteiger partial charge in [-0.1, -0.05) is 6.92 Å². The summed E-state index contributed by atoms with van der Waals surface area (Å²) in [5.41, 5.74) is 0. The summed E-state index contributed by atoms with van der Waals surface area (Å²) in [7, 11) is 0. The van der Waals surface area contributed by atoms with E-state index in [-0.39, 0.29) is 12.5 Å². The molecule has 0 atom stereocenters. The molecule has 1 rings (SSSR count). The molecule has 0 saturated carbocycles. The Balaban J connectivity index is 2.34. The monoisotopic (exact) mass is 273 g/mol. The number of hydrogen-bond donors (Lipinski definition) is 1. The fraction of sp³-hybridized carbons (Fsp3) is 0.444. The van der Waals surface area contributed by atoms with E-state index in [4.69, 9.17) is 4.74 Å². The number of carbonyl (C=O) groups is 1. The van der Waals surface area contributed by atoms with Crippen LogP contribution in [0.5, 0.6) is 0 Å². The Morgan fingerprint density at radius 1 is 1.53 bits per heavy atom. The number of aromatic nitrogens is 2. The number of carbonyl (C=O) groups excluding carboxylic acids is 1. The second-order valence-electron chi connectivity index (χ2n) is 2.83. The normalized spacial score (nSPS) is 10.0. The molecule has 0 unspecified atom stereocenters. The summed E-state index contributed by atoms with van der Waals surface area (Å²) in [6.07, 6.45) is 3.88. The zero-order valence-corrected chi connectivity index (χ0v) is 9.95. The third-order valence-electron chi connectivity index (χ3n) is 1.47. The summed E-state index contributed by atoms with van der Waals surface area (Å²) in [5.74, 6) is 0.198. The summed E-state index contributed by atoms with van der Waals surface area (Å²) >= 11 is 3.15. The third kappa shape index (κ3) is 4.85. The number of rotatable bonds is 5. The van der Waals surface area contributed by atoms with Crippen molar-refractivity contribution in [2.24, 2.45) is 0 Å². The molecule has 0 radical (unpaired) electrons. The van der Waals surface area contributed by atoms with Crippen molar-refractivity contribution in [3.05, 3.63) is 17.0 Å². The van der Waals surface area contributed by atoms with E-state index in [1.807, 2.05) is 6.92 Å². The maximum atomic E-state index is 11.3. The Hall–Kier alpha value is -1.01. The first-order valence-corrected chi connectivity index (χ1v) is 5.37. The van der Waals surface area contributed by atoms with E-state index in [0.717, 1.165) is 6.42 Å². The van der Waals surface area contributed by atoms with Crippen molar-refractivity contribution >= 4 is 27.7 Å². The van der Waals surface area contributed by atoms with E-state index in [1.54, 1.807) is 0 Å². The minimum atomic E-state index is -0.222. The van der Waals surface area contributed by atoms with Crippen LogP contribution in [-0.2, 0) is 9.53 Å². The summed E-state index contributed by atoms with van der Waals surface area (Å²) in [6.45, 7) is 2.61. The first kappa shape index (κ1) is 12.1. The molecule has 5 nitrogen and oxygen atoms in total. The molecule has 1 heterocycles. The second-order valence-corrected chi connectivity index (χ2v) is 3.64. The molecule has 0 spiro atoms. The van der Waals surface area contributed by atoms with Crippen molar-refractivity contribution in [3.8, 4) is 0 Å². The molecule has 0 saturated heterocycles. The van der Waals surface area contributed by atoms with Crippen LogP contribution >= 0.6 is 15.9 Å². The zero-order chi connectivity index (χ0) is 11.1. The maximum absolute atomic E-state index is 11.3. The highest BCUT2D eigenvalue weighted by Gasteiger charge is 2.02. The van der Waals surface area contributed by atoms with Gasteiger partial charge in [0.05, 0.1) is 12.4 Å². The first-order chi connectivity index (χ1) is 7.22. The van der Waals surface area contributed by atoms with Crippen molar-refractivity contribution in [3.63, 3.8) is 0 Å². The van der Waals surface area contributed by atoms with Crippen LogP contribution in [0.3, 0.4) is 0 Å². The van der Waals surface area contributed by atoms with Gasteiger partial charge in [-0.2, -0.15) is 0 Å². The van der Waals surface area contributed by atoms with Gasteiger partial charge in [-0.05, 0) is 22.4 Å². The van der Waals surface area contributed by atoms with Crippen molar-refractivity contribution < 1.29 is 9.53 Å². The van der Waals surface area contributed by atoms with E-state index in [0.29, 0.717) is 17.0 Å². The van der Waals surface area contributed by atoms with E-state index < -0.39 is 0 Å². The Morgan fingerprint density at radius 3 is 2.93 bits per heavy atom. The molecule has 0 fully saturated rings. The van der Waals surface area contributed by atoms with Crippen molar-refractivity contribution in [2.75, 3.05) is 18.5 Å². The standard InChI is InChI=1S/C9H12BrN3O2/c1-2-3-15-6-9(14)13-8-5-11-7(10)4-12-8/h4-5H,2-3,6H2,1H3,(H,12,13,14). The van der Waals surface area contributed by atoms with Crippen molar-refractivity contribution in [1.29, 1.82) is 0 Å². The minimum absolute atomic E-state index is 0.0472. The highest BCUT2D eigenvalue weighted by Crippen LogP contribution is 2.05. The number of hydrogen-bond acceptors (Lipinski definition) is 4. The van der Waals surface area contributed by atoms with Crippen LogP contribution in [0.2, 0.25) is 0 Å². The Labute approximate surface area is 96.4 Å². The molecule has 0 aromatic carbocycles. The lowest BCUT2D eigenvalue weighted by atomic mass is 10.5. The third-order valence-corrected chi connectivity index (χ3v) is 1.88. The molecular formula is C9H12BrN3O2. The van der Waals surface area contributed by atoms with Crippen LogP contribution < -0.4 is 5.32 Å². The predicted molar refractivity (Wildman–Crippen MR) is 59.5 cm³/mol. The molecule has 6 heteroatoms. The van der Waals surface area contributed by atoms with Crippen molar-refractivity contribution in [2.45, 2.75) is 13.3 Å². The van der Waals surface area contributed by atoms with Gasteiger partial charge < -0.3 is 10.1 Å². The Morgan fingerprint density at radius 2 is 2.33 bits per heavy atom. The smallest absolute Gasteiger partial charge is 0.251 e. The average molecular weight is 274 g/mol. The van der Waals surface area contributed by atoms with Gasteiger partial charge in [0.25, 0.3) is 5.91 Å². The fourth-order valence-corrected chi connectivity index (χ4v) is 1.07. The fourth-order valence-electron chi connectivity index (χ4n) is 0.865. The highest BCUT2D eigenvalue weighted by molar-refractivity contribution is 9.10. The van der Waals surface area contributed by atoms with Crippen LogP contribution in [0.25, 0.3) is 0 Å². The van der Waals surface area contributed by atoms with E-state index in [2.05, 4.69) is 31.2 Å². The van der Waals surface area contributed by atoms with Gasteiger partial charge in [-0.15, -0.1) is 0 Å². The Kier molecular flexibility index (Phi) is 5.20. The summed E-state index contributed by atoms with van der Waals surface area (Å²) in [6, 6.07) is 0. The van der Waals surface area contributed by atoms with E-state index >= 15 is 0 Å². The van der Waals surface area contributed by atoms with E-state index in [9.17, 15) is 4.79 Å². The molecular weight excluding hydrogens is 262 g/mol. The van der Waals surface area contributed by atoms with Crippen molar-refractivity contribution in [1.82, 2.24) is 9.97 Å². The lowest BCUT2D eigenvalue weighted by Gasteiger charge is -2.04. The molecule has 0 aliphatic rings. The number of anilines is 1. The quantitative estimate of drug-likeness (QED) is 0.828. The molecule has 1 aromatic rings. The van der Waals surface area contributed by atoms with Gasteiger partial charge in [0.2, 0.25) is 0 Å². The summed E-state index contributed by atoms with van der Waals surface area (Å²) in [5, 5.41) is 2.57. The number of halogens is 1. The van der Waals surface area contributed by atoms with Gasteiger partial charge in [0, 0.05) is 6.61 Å². The molecule has 82 valence electrons. The Bertz CT molecular complexity index is 316. The minimum Gasteiger partial charge on any atom is -0.372 e. The topological polar surface area (TPSA) is 64.1 Å². The van der Waals surface area contributed by atoms with Crippen LogP contribution in [0.4, 0.5) is 5.82 Å². The van der Waals surface area contributed by atoms with Gasteiger partial charge in [-0.25, -0.2) is 9.97 Å². The number of nitrogens with zero attached hydrogens (tertiary/aromatic N) is 2. The van der Waals surface area contributed by atoms with Gasteiger partial charge in [0.15, 0.2) is 5.82 Å². The zero-order valence-electron chi connectivity index (χ0n) is 8.36. The molecule has 0 bridgehead atoms. The van der Waals surface area contributed by atoms with Gasteiger partial charge in [-0.3, -0.25) is 4.79 Å².